The predicted octanol–water partition coefficient (Wildman–Crippen LogP) is -0.314. The van der Waals surface area contributed by atoms with Crippen LogP contribution in [0, 0.1) is 0 Å². The van der Waals surface area contributed by atoms with Gasteiger partial charge in [-0.15, -0.1) is 15.1 Å². The SMILES string of the molecule is C[CH2][AlH2].O=[P+](O)O. The standard InChI is InChI=1S/C2H5.Al.HO3P.2H/c1-2;;1-4(2)3;;/h1H2,2H3;;(H-,1,2,3);;/p+1. The molecule has 0 heterocycles. The van der Waals surface area contributed by atoms with Gasteiger partial charge in [0.25, 0.3) is 0 Å². The molecule has 0 radical (unpaired) electrons. The summed E-state index contributed by atoms with van der Waals surface area (Å²) in [5.74, 6) is 0. The maximum absolute atomic E-state index is 8.70. The molecule has 5 heteroatoms. The highest BCUT2D eigenvalue weighted by molar-refractivity contribution is 7.30. The maximum Gasteiger partial charge on any atom is 0.692 e. The third-order valence-corrected chi connectivity index (χ3v) is 0. The van der Waals surface area contributed by atoms with Gasteiger partial charge >= 0.3 is 8.25 Å². The zero-order valence-corrected chi connectivity index (χ0v) is 7.35. The zero-order chi connectivity index (χ0) is 6.28. The summed E-state index contributed by atoms with van der Waals surface area (Å²) in [5.41, 5.74) is 0. The molecular formula is C2H9AlO3P+. The van der Waals surface area contributed by atoms with E-state index in [0.29, 0.717) is 0 Å². The fourth-order valence-electron chi connectivity index (χ4n) is 0. The van der Waals surface area contributed by atoms with Crippen LogP contribution >= 0.6 is 8.25 Å². The first kappa shape index (κ1) is 10.5. The third-order valence-electron chi connectivity index (χ3n) is 0. The molecule has 0 aliphatic rings. The van der Waals surface area contributed by atoms with E-state index in [1.165, 1.54) is 21.6 Å². The molecule has 0 amide bonds. The smallest absolute Gasteiger partial charge is 0.134 e. The lowest BCUT2D eigenvalue weighted by molar-refractivity contribution is 0.405. The highest BCUT2D eigenvalue weighted by Crippen LogP contribution is 1.98. The van der Waals surface area contributed by atoms with Gasteiger partial charge in [0.15, 0.2) is 0 Å². The highest BCUT2D eigenvalue weighted by atomic mass is 31.1. The van der Waals surface area contributed by atoms with Crippen LogP contribution in [0.2, 0.25) is 5.28 Å². The second kappa shape index (κ2) is 9.75. The molecule has 0 aliphatic heterocycles. The maximum atomic E-state index is 8.70. The number of rotatable bonds is 0. The normalized spacial score (nSPS) is 6.14. The number of hydrogen-bond acceptors (Lipinski definition) is 1. The van der Waals surface area contributed by atoms with Gasteiger partial charge in [0.2, 0.25) is 16.3 Å². The highest BCUT2D eigenvalue weighted by Gasteiger charge is 1.93. The molecule has 0 spiro atoms. The van der Waals surface area contributed by atoms with Crippen LogP contribution in [-0.4, -0.2) is 26.1 Å². The summed E-state index contributed by atoms with van der Waals surface area (Å²) in [6.45, 7) is 2.19. The minimum Gasteiger partial charge on any atom is -0.134 e. The van der Waals surface area contributed by atoms with Crippen molar-refractivity contribution in [2.24, 2.45) is 0 Å². The van der Waals surface area contributed by atoms with E-state index in [0.717, 1.165) is 0 Å². The largest absolute Gasteiger partial charge is 0.692 e. The van der Waals surface area contributed by atoms with E-state index in [1.807, 2.05) is 0 Å². The van der Waals surface area contributed by atoms with Crippen molar-refractivity contribution in [3.63, 3.8) is 0 Å². The molecule has 0 saturated heterocycles. The van der Waals surface area contributed by atoms with Crippen molar-refractivity contribution in [3.8, 4) is 0 Å². The fourth-order valence-corrected chi connectivity index (χ4v) is 0. The summed E-state index contributed by atoms with van der Waals surface area (Å²) in [6, 6.07) is 0. The molecule has 3 nitrogen and oxygen atoms in total. The number of hydrogen-bond donors (Lipinski definition) is 2. The minimum absolute atomic E-state index is 1.37. The molecule has 0 aromatic carbocycles. The molecule has 0 aliphatic carbocycles. The van der Waals surface area contributed by atoms with Crippen LogP contribution < -0.4 is 0 Å². The Balaban J connectivity index is 0. The van der Waals surface area contributed by atoms with Crippen LogP contribution in [0.25, 0.3) is 0 Å². The Morgan fingerprint density at radius 1 is 1.71 bits per heavy atom. The zero-order valence-electron chi connectivity index (χ0n) is 4.46. The Morgan fingerprint density at radius 3 is 1.71 bits per heavy atom. The molecule has 0 atom stereocenters. The Bertz CT molecular complexity index is 44.2. The van der Waals surface area contributed by atoms with E-state index in [-0.39, 0.29) is 0 Å². The molecule has 0 rings (SSSR count). The summed E-state index contributed by atoms with van der Waals surface area (Å²) in [5, 5.41) is 1.39. The van der Waals surface area contributed by atoms with Crippen molar-refractivity contribution in [3.05, 3.63) is 0 Å². The van der Waals surface area contributed by atoms with E-state index in [1.54, 1.807) is 0 Å². The Labute approximate surface area is 51.7 Å². The van der Waals surface area contributed by atoms with Crippen LogP contribution in [0.3, 0.4) is 0 Å². The first-order chi connectivity index (χ1) is 3.15. The van der Waals surface area contributed by atoms with Crippen molar-refractivity contribution in [2.75, 3.05) is 0 Å². The molecule has 7 heavy (non-hydrogen) atoms. The summed E-state index contributed by atoms with van der Waals surface area (Å²) >= 11 is 1.37. The van der Waals surface area contributed by atoms with Gasteiger partial charge in [-0.25, -0.2) is 0 Å². The summed E-state index contributed by atoms with van der Waals surface area (Å²) in [4.78, 5) is 14.2. The van der Waals surface area contributed by atoms with Crippen molar-refractivity contribution < 1.29 is 14.4 Å². The van der Waals surface area contributed by atoms with E-state index >= 15 is 0 Å². The third kappa shape index (κ3) is 445. The summed E-state index contributed by atoms with van der Waals surface area (Å²) in [6.07, 6.45) is 0. The van der Waals surface area contributed by atoms with E-state index in [9.17, 15) is 0 Å². The van der Waals surface area contributed by atoms with Crippen LogP contribution in [0.5, 0.6) is 0 Å². The van der Waals surface area contributed by atoms with E-state index in [2.05, 4.69) is 6.92 Å². The minimum atomic E-state index is -2.87. The van der Waals surface area contributed by atoms with Gasteiger partial charge in [0.1, 0.15) is 0 Å². The Hall–Kier alpha value is 0.552. The topological polar surface area (TPSA) is 57.5 Å². The Kier molecular flexibility index (Phi) is 14.6. The quantitative estimate of drug-likeness (QED) is 0.357. The van der Waals surface area contributed by atoms with Gasteiger partial charge in [-0.2, -0.15) is 0 Å². The molecule has 0 saturated carbocycles. The van der Waals surface area contributed by atoms with Crippen LogP contribution in [0.4, 0.5) is 0 Å². The lowest BCUT2D eigenvalue weighted by atomic mass is 11.0. The summed E-state index contributed by atoms with van der Waals surface area (Å²) < 4.78 is 8.70. The van der Waals surface area contributed by atoms with Gasteiger partial charge in [0, 0.05) is 4.57 Å². The second-order valence-corrected chi connectivity index (χ2v) is 2.88. The van der Waals surface area contributed by atoms with Crippen molar-refractivity contribution in [1.82, 2.24) is 0 Å². The first-order valence-corrected chi connectivity index (χ1v) is 4.58. The average Bonchev–Trinajstić information content (AvgIpc) is 1.33. The monoisotopic (exact) mass is 139 g/mol. The molecule has 2 N–H and O–H groups in total. The molecule has 0 bridgehead atoms. The first-order valence-electron chi connectivity index (χ1n) is 2.00. The van der Waals surface area contributed by atoms with Crippen molar-refractivity contribution in [1.29, 1.82) is 0 Å². The van der Waals surface area contributed by atoms with Crippen molar-refractivity contribution >= 4 is 24.5 Å². The van der Waals surface area contributed by atoms with Crippen LogP contribution in [-0.2, 0) is 4.57 Å². The Morgan fingerprint density at radius 2 is 1.71 bits per heavy atom. The van der Waals surface area contributed by atoms with Gasteiger partial charge in [-0.05, 0) is 0 Å². The van der Waals surface area contributed by atoms with Gasteiger partial charge in [-0.1, -0.05) is 6.92 Å². The van der Waals surface area contributed by atoms with E-state index in [4.69, 9.17) is 14.4 Å². The lowest BCUT2D eigenvalue weighted by Gasteiger charge is -1.44. The molecular weight excluding hydrogens is 130 g/mol. The van der Waals surface area contributed by atoms with E-state index < -0.39 is 8.25 Å². The van der Waals surface area contributed by atoms with Gasteiger partial charge in [-0.3, -0.25) is 0 Å². The molecule has 42 valence electrons. The summed E-state index contributed by atoms with van der Waals surface area (Å²) in [7, 11) is -2.87. The average molecular weight is 139 g/mol. The molecule has 0 aromatic heterocycles. The molecule has 0 aromatic rings. The van der Waals surface area contributed by atoms with Crippen LogP contribution in [0.15, 0.2) is 0 Å². The fraction of sp³-hybridized carbons (Fsp3) is 1.00. The van der Waals surface area contributed by atoms with Gasteiger partial charge < -0.3 is 0 Å². The van der Waals surface area contributed by atoms with Crippen molar-refractivity contribution in [2.45, 2.75) is 12.2 Å². The second-order valence-electron chi connectivity index (χ2n) is 0.960. The molecule has 0 fully saturated rings. The predicted molar refractivity (Wildman–Crippen MR) is 31.1 cm³/mol. The molecule has 0 unspecified atom stereocenters. The lowest BCUT2D eigenvalue weighted by Crippen LogP contribution is -1.41. The van der Waals surface area contributed by atoms with Gasteiger partial charge in [0.05, 0.1) is 0 Å². The van der Waals surface area contributed by atoms with Crippen LogP contribution in [0.1, 0.15) is 6.92 Å².